The number of halogens is 2. The first-order valence-electron chi connectivity index (χ1n) is 9.86. The van der Waals surface area contributed by atoms with Crippen LogP contribution in [0, 0.1) is 11.6 Å². The highest BCUT2D eigenvalue weighted by atomic mass is 32.2. The first-order chi connectivity index (χ1) is 14.3. The van der Waals surface area contributed by atoms with Gasteiger partial charge in [0.05, 0.1) is 5.75 Å². The zero-order chi connectivity index (χ0) is 21.3. The highest BCUT2D eigenvalue weighted by Gasteiger charge is 2.27. The molecule has 0 aliphatic carbocycles. The Morgan fingerprint density at radius 3 is 2.47 bits per heavy atom. The predicted molar refractivity (Wildman–Crippen MR) is 111 cm³/mol. The van der Waals surface area contributed by atoms with Crippen LogP contribution in [0.25, 0.3) is 11.0 Å². The monoisotopic (exact) mass is 434 g/mol. The van der Waals surface area contributed by atoms with Crippen LogP contribution in [-0.2, 0) is 29.2 Å². The molecule has 0 amide bonds. The van der Waals surface area contributed by atoms with E-state index < -0.39 is 27.4 Å². The molecule has 9 heteroatoms. The summed E-state index contributed by atoms with van der Waals surface area (Å²) in [6.45, 7) is 2.82. The molecule has 1 saturated heterocycles. The van der Waals surface area contributed by atoms with Gasteiger partial charge < -0.3 is 9.47 Å². The van der Waals surface area contributed by atoms with Crippen LogP contribution in [0.15, 0.2) is 42.7 Å². The molecule has 4 rings (SSSR count). The van der Waals surface area contributed by atoms with Crippen molar-refractivity contribution in [3.63, 3.8) is 0 Å². The molecular weight excluding hydrogens is 410 g/mol. The van der Waals surface area contributed by atoms with Gasteiger partial charge >= 0.3 is 0 Å². The lowest BCUT2D eigenvalue weighted by molar-refractivity contribution is 0.190. The van der Waals surface area contributed by atoms with E-state index in [0.29, 0.717) is 26.2 Å². The van der Waals surface area contributed by atoms with Crippen molar-refractivity contribution >= 4 is 21.1 Å². The van der Waals surface area contributed by atoms with E-state index in [1.807, 2.05) is 17.7 Å². The first-order valence-corrected chi connectivity index (χ1v) is 11.5. The van der Waals surface area contributed by atoms with Gasteiger partial charge in [-0.2, -0.15) is 4.31 Å². The van der Waals surface area contributed by atoms with Gasteiger partial charge in [-0.05, 0) is 41.8 Å². The van der Waals surface area contributed by atoms with E-state index in [0.717, 1.165) is 42.2 Å². The number of pyridine rings is 1. The van der Waals surface area contributed by atoms with E-state index in [4.69, 9.17) is 0 Å². The van der Waals surface area contributed by atoms with Gasteiger partial charge in [-0.25, -0.2) is 22.2 Å². The number of aromatic nitrogens is 2. The largest absolute Gasteiger partial charge is 0.335 e. The summed E-state index contributed by atoms with van der Waals surface area (Å²) in [4.78, 5) is 6.65. The molecule has 3 aromatic rings. The van der Waals surface area contributed by atoms with E-state index >= 15 is 0 Å². The molecule has 0 radical (unpaired) electrons. The van der Waals surface area contributed by atoms with E-state index in [2.05, 4.69) is 22.1 Å². The van der Waals surface area contributed by atoms with Gasteiger partial charge in [-0.15, -0.1) is 0 Å². The third kappa shape index (κ3) is 4.53. The Hall–Kier alpha value is -2.36. The SMILES string of the molecule is Cn1cc(CCN2CCN(S(=O)(=O)Cc3cc(F)cc(F)c3)CC2)c2cccnc21. The standard InChI is InChI=1S/C21H24F2N4O2S/c1-25-14-17(20-3-2-5-24-21(20)25)4-6-26-7-9-27(10-8-26)30(28,29)15-16-11-18(22)13-19(23)12-16/h2-3,5,11-14H,4,6-10,15H2,1H3. The zero-order valence-corrected chi connectivity index (χ0v) is 17.6. The Bertz CT molecular complexity index is 1130. The Labute approximate surface area is 174 Å². The molecule has 30 heavy (non-hydrogen) atoms. The number of rotatable bonds is 6. The number of fused-ring (bicyclic) bond motifs is 1. The molecule has 2 aromatic heterocycles. The van der Waals surface area contributed by atoms with Gasteiger partial charge in [0.25, 0.3) is 0 Å². The molecular formula is C21H24F2N4O2S. The van der Waals surface area contributed by atoms with Crippen molar-refractivity contribution in [2.45, 2.75) is 12.2 Å². The third-order valence-corrected chi connectivity index (χ3v) is 7.36. The molecule has 0 N–H and O–H groups in total. The summed E-state index contributed by atoms with van der Waals surface area (Å²) in [7, 11) is -1.65. The van der Waals surface area contributed by atoms with Crippen molar-refractivity contribution in [3.05, 3.63) is 65.5 Å². The molecule has 3 heterocycles. The Kier molecular flexibility index (Phi) is 5.86. The quantitative estimate of drug-likeness (QED) is 0.598. The number of aryl methyl sites for hydroxylation is 1. The van der Waals surface area contributed by atoms with Crippen LogP contribution in [0.2, 0.25) is 0 Å². The summed E-state index contributed by atoms with van der Waals surface area (Å²) >= 11 is 0. The average molecular weight is 435 g/mol. The van der Waals surface area contributed by atoms with Gasteiger partial charge in [-0.1, -0.05) is 0 Å². The first kappa shape index (κ1) is 20.9. The maximum absolute atomic E-state index is 13.4. The van der Waals surface area contributed by atoms with Crippen molar-refractivity contribution < 1.29 is 17.2 Å². The van der Waals surface area contributed by atoms with E-state index in [1.54, 1.807) is 6.20 Å². The van der Waals surface area contributed by atoms with Crippen molar-refractivity contribution in [1.82, 2.24) is 18.8 Å². The topological polar surface area (TPSA) is 58.4 Å². The lowest BCUT2D eigenvalue weighted by Gasteiger charge is -2.34. The maximum atomic E-state index is 13.4. The van der Waals surface area contributed by atoms with E-state index in [9.17, 15) is 17.2 Å². The van der Waals surface area contributed by atoms with Crippen LogP contribution in [0.5, 0.6) is 0 Å². The van der Waals surface area contributed by atoms with Crippen LogP contribution in [-0.4, -0.2) is 59.9 Å². The molecule has 0 saturated carbocycles. The van der Waals surface area contributed by atoms with Crippen LogP contribution < -0.4 is 0 Å². The van der Waals surface area contributed by atoms with E-state index in [1.165, 1.54) is 9.87 Å². The fourth-order valence-electron chi connectivity index (χ4n) is 4.00. The molecule has 1 fully saturated rings. The minimum absolute atomic E-state index is 0.125. The average Bonchev–Trinajstić information content (AvgIpc) is 3.02. The predicted octanol–water partition coefficient (Wildman–Crippen LogP) is 2.54. The van der Waals surface area contributed by atoms with Crippen LogP contribution in [0.1, 0.15) is 11.1 Å². The minimum Gasteiger partial charge on any atom is -0.335 e. The second-order valence-electron chi connectivity index (χ2n) is 7.66. The Morgan fingerprint density at radius 2 is 1.77 bits per heavy atom. The fourth-order valence-corrected chi connectivity index (χ4v) is 5.49. The molecule has 0 unspecified atom stereocenters. The number of nitrogens with zero attached hydrogens (tertiary/aromatic N) is 4. The van der Waals surface area contributed by atoms with Gasteiger partial charge in [0, 0.05) is 63.6 Å². The molecule has 1 aromatic carbocycles. The summed E-state index contributed by atoms with van der Waals surface area (Å²) in [6, 6.07) is 6.87. The van der Waals surface area contributed by atoms with Crippen LogP contribution in [0.3, 0.4) is 0 Å². The Balaban J connectivity index is 1.34. The molecule has 1 aliphatic heterocycles. The van der Waals surface area contributed by atoms with Gasteiger partial charge in [0.15, 0.2) is 0 Å². The maximum Gasteiger partial charge on any atom is 0.218 e. The number of hydrogen-bond acceptors (Lipinski definition) is 4. The van der Waals surface area contributed by atoms with Crippen molar-refractivity contribution in [2.24, 2.45) is 7.05 Å². The second-order valence-corrected chi connectivity index (χ2v) is 9.63. The molecule has 160 valence electrons. The fraction of sp³-hybridized carbons (Fsp3) is 0.381. The van der Waals surface area contributed by atoms with Gasteiger partial charge in [-0.3, -0.25) is 0 Å². The number of sulfonamides is 1. The smallest absolute Gasteiger partial charge is 0.218 e. The normalized spacial score (nSPS) is 16.4. The Morgan fingerprint density at radius 1 is 1.07 bits per heavy atom. The second kappa shape index (κ2) is 8.41. The molecule has 0 atom stereocenters. The third-order valence-electron chi connectivity index (χ3n) is 5.51. The lowest BCUT2D eigenvalue weighted by atomic mass is 10.1. The number of benzene rings is 1. The number of hydrogen-bond donors (Lipinski definition) is 0. The molecule has 0 bridgehead atoms. The summed E-state index contributed by atoms with van der Waals surface area (Å²) in [5.41, 5.74) is 2.31. The summed E-state index contributed by atoms with van der Waals surface area (Å²) in [5.74, 6) is -1.94. The lowest BCUT2D eigenvalue weighted by Crippen LogP contribution is -2.49. The highest BCUT2D eigenvalue weighted by Crippen LogP contribution is 2.20. The van der Waals surface area contributed by atoms with Gasteiger partial charge in [0.2, 0.25) is 10.0 Å². The molecule has 0 spiro atoms. The highest BCUT2D eigenvalue weighted by molar-refractivity contribution is 7.88. The summed E-state index contributed by atoms with van der Waals surface area (Å²) in [6.07, 6.45) is 4.73. The van der Waals surface area contributed by atoms with Crippen LogP contribution >= 0.6 is 0 Å². The van der Waals surface area contributed by atoms with Crippen molar-refractivity contribution in [3.8, 4) is 0 Å². The minimum atomic E-state index is -3.62. The summed E-state index contributed by atoms with van der Waals surface area (Å²) in [5, 5.41) is 1.14. The zero-order valence-electron chi connectivity index (χ0n) is 16.8. The van der Waals surface area contributed by atoms with E-state index in [-0.39, 0.29) is 5.56 Å². The van der Waals surface area contributed by atoms with Crippen molar-refractivity contribution in [2.75, 3.05) is 32.7 Å². The molecule has 1 aliphatic rings. The van der Waals surface area contributed by atoms with Gasteiger partial charge in [0.1, 0.15) is 17.3 Å². The van der Waals surface area contributed by atoms with Crippen molar-refractivity contribution in [1.29, 1.82) is 0 Å². The summed E-state index contributed by atoms with van der Waals surface area (Å²) < 4.78 is 55.5. The number of piperazine rings is 1. The van der Waals surface area contributed by atoms with Crippen LogP contribution in [0.4, 0.5) is 8.78 Å². The molecule has 6 nitrogen and oxygen atoms in total.